The molecule has 0 saturated carbocycles. The fourth-order valence-electron chi connectivity index (χ4n) is 2.76. The summed E-state index contributed by atoms with van der Waals surface area (Å²) < 4.78 is 127. The van der Waals surface area contributed by atoms with Gasteiger partial charge in [-0.2, -0.15) is 43.2 Å². The molecule has 1 aliphatic rings. The summed E-state index contributed by atoms with van der Waals surface area (Å²) in [7, 11) is -11.0. The number of hydrogen-bond donors (Lipinski definition) is 4. The minimum atomic E-state index is -5.48. The highest BCUT2D eigenvalue weighted by molar-refractivity contribution is 7.87. The standard InChI is InChI=1S/C12H8F6N2O10S2/c13-11(14,15)1-31(25,26)29-19-7(21)3-4(8(19)22)6-5(3)9(23)20(10(6)24)30-32(27,28)2-12(16,17)18/h21-24H,1-2H2. The minimum Gasteiger partial charge on any atom is -0.492 e. The first-order valence-electron chi connectivity index (χ1n) is 7.57. The summed E-state index contributed by atoms with van der Waals surface area (Å²) in [6, 6.07) is 0. The van der Waals surface area contributed by atoms with Crippen molar-refractivity contribution in [1.82, 2.24) is 9.46 Å². The van der Waals surface area contributed by atoms with Crippen molar-refractivity contribution in [1.29, 1.82) is 0 Å². The molecule has 0 spiro atoms. The lowest BCUT2D eigenvalue weighted by Gasteiger charge is -2.13. The second-order valence-electron chi connectivity index (χ2n) is 6.17. The number of rotatable bonds is 6. The van der Waals surface area contributed by atoms with Gasteiger partial charge < -0.3 is 20.4 Å². The van der Waals surface area contributed by atoms with Gasteiger partial charge in [0.2, 0.25) is 23.5 Å². The maximum atomic E-state index is 12.3. The number of fused-ring (bicyclic) bond motifs is 4. The van der Waals surface area contributed by atoms with Crippen LogP contribution in [0.1, 0.15) is 0 Å². The Balaban J connectivity index is 2.01. The van der Waals surface area contributed by atoms with Gasteiger partial charge in [0, 0.05) is 0 Å². The predicted molar refractivity (Wildman–Crippen MR) is 86.4 cm³/mol. The topological polar surface area (TPSA) is 178 Å². The SMILES string of the molecule is O=S(=O)(CC(F)(F)F)On1c(O)c2c(c1O)-c1c-2c(O)n(OS(=O)(=O)CC(F)(F)F)c1O. The van der Waals surface area contributed by atoms with E-state index in [1.807, 2.05) is 0 Å². The van der Waals surface area contributed by atoms with Crippen molar-refractivity contribution in [2.24, 2.45) is 0 Å². The molecule has 0 aliphatic heterocycles. The van der Waals surface area contributed by atoms with Gasteiger partial charge in [0.25, 0.3) is 0 Å². The van der Waals surface area contributed by atoms with E-state index in [2.05, 4.69) is 8.57 Å². The van der Waals surface area contributed by atoms with Crippen molar-refractivity contribution in [3.05, 3.63) is 0 Å². The molecule has 0 saturated heterocycles. The van der Waals surface area contributed by atoms with Gasteiger partial charge in [-0.05, 0) is 0 Å². The Morgan fingerprint density at radius 2 is 0.812 bits per heavy atom. The molecule has 2 heterocycles. The zero-order chi connectivity index (χ0) is 24.6. The molecule has 32 heavy (non-hydrogen) atoms. The van der Waals surface area contributed by atoms with Gasteiger partial charge in [0.05, 0.1) is 22.3 Å². The van der Waals surface area contributed by atoms with Crippen LogP contribution in [-0.4, -0.2) is 70.6 Å². The third-order valence-corrected chi connectivity index (χ3v) is 5.84. The number of alkyl halides is 6. The third-order valence-electron chi connectivity index (χ3n) is 3.72. The van der Waals surface area contributed by atoms with Crippen LogP contribution < -0.4 is 8.57 Å². The fraction of sp³-hybridized carbons (Fsp3) is 0.333. The summed E-state index contributed by atoms with van der Waals surface area (Å²) in [6.45, 7) is 0. The first kappa shape index (κ1) is 23.5. The van der Waals surface area contributed by atoms with Crippen LogP contribution in [-0.2, 0) is 20.2 Å². The highest BCUT2D eigenvalue weighted by Gasteiger charge is 2.47. The Morgan fingerprint density at radius 1 is 0.594 bits per heavy atom. The van der Waals surface area contributed by atoms with Crippen molar-refractivity contribution >= 4 is 20.2 Å². The second-order valence-corrected chi connectivity index (χ2v) is 9.27. The molecule has 3 rings (SSSR count). The number of aromatic hydroxyl groups is 4. The zero-order valence-electron chi connectivity index (χ0n) is 14.6. The van der Waals surface area contributed by atoms with Crippen molar-refractivity contribution < 1.29 is 72.2 Å². The summed E-state index contributed by atoms with van der Waals surface area (Å²) >= 11 is 0. The molecule has 12 nitrogen and oxygen atoms in total. The van der Waals surface area contributed by atoms with E-state index < -0.39 is 99.3 Å². The van der Waals surface area contributed by atoms with Crippen LogP contribution >= 0.6 is 0 Å². The summed E-state index contributed by atoms with van der Waals surface area (Å²) in [5.74, 6) is -10.7. The average Bonchev–Trinajstić information content (AvgIpc) is 2.79. The molecule has 0 bridgehead atoms. The average molecular weight is 518 g/mol. The lowest BCUT2D eigenvalue weighted by Crippen LogP contribution is -2.30. The lowest BCUT2D eigenvalue weighted by molar-refractivity contribution is -0.108. The number of hydrogen-bond acceptors (Lipinski definition) is 10. The predicted octanol–water partition coefficient (Wildman–Crippen LogP) is 0.401. The smallest absolute Gasteiger partial charge is 0.406 e. The second kappa shape index (κ2) is 6.67. The van der Waals surface area contributed by atoms with E-state index in [1.165, 1.54) is 0 Å². The van der Waals surface area contributed by atoms with E-state index in [0.29, 0.717) is 0 Å². The molecular weight excluding hydrogens is 510 g/mol. The molecule has 0 aromatic carbocycles. The molecule has 0 unspecified atom stereocenters. The number of aromatic nitrogens is 2. The monoisotopic (exact) mass is 518 g/mol. The molecule has 0 radical (unpaired) electrons. The molecule has 180 valence electrons. The van der Waals surface area contributed by atoms with E-state index in [9.17, 15) is 63.6 Å². The molecule has 4 N–H and O–H groups in total. The summed E-state index contributed by atoms with van der Waals surface area (Å²) in [4.78, 5) is 0. The lowest BCUT2D eigenvalue weighted by atomic mass is 9.86. The van der Waals surface area contributed by atoms with E-state index in [-0.39, 0.29) is 0 Å². The maximum Gasteiger partial charge on any atom is 0.406 e. The third kappa shape index (κ3) is 4.01. The first-order chi connectivity index (χ1) is 14.2. The van der Waals surface area contributed by atoms with Crippen molar-refractivity contribution in [2.75, 3.05) is 11.5 Å². The van der Waals surface area contributed by atoms with Crippen molar-refractivity contribution in [3.63, 3.8) is 0 Å². The minimum absolute atomic E-state index is 0.393. The van der Waals surface area contributed by atoms with Gasteiger partial charge in [0.1, 0.15) is 0 Å². The fourth-order valence-corrected chi connectivity index (χ4v) is 4.40. The van der Waals surface area contributed by atoms with E-state index in [0.717, 1.165) is 0 Å². The molecule has 1 aliphatic carbocycles. The van der Waals surface area contributed by atoms with Gasteiger partial charge in [-0.1, -0.05) is 9.46 Å². The van der Waals surface area contributed by atoms with Crippen LogP contribution in [0.25, 0.3) is 22.3 Å². The van der Waals surface area contributed by atoms with Gasteiger partial charge in [-0.3, -0.25) is 8.57 Å². The van der Waals surface area contributed by atoms with E-state index >= 15 is 0 Å². The van der Waals surface area contributed by atoms with Gasteiger partial charge in [-0.15, -0.1) is 0 Å². The largest absolute Gasteiger partial charge is 0.492 e. The Morgan fingerprint density at radius 3 is 1.00 bits per heavy atom. The summed E-state index contributed by atoms with van der Waals surface area (Å²) in [5.41, 5.74) is -2.99. The summed E-state index contributed by atoms with van der Waals surface area (Å²) in [5, 5.41) is 40.0. The number of halogens is 6. The highest BCUT2D eigenvalue weighted by atomic mass is 32.2. The van der Waals surface area contributed by atoms with Crippen molar-refractivity contribution in [2.45, 2.75) is 12.4 Å². The van der Waals surface area contributed by atoms with Crippen LogP contribution in [0, 0.1) is 0 Å². The van der Waals surface area contributed by atoms with Crippen LogP contribution in [0.5, 0.6) is 23.5 Å². The van der Waals surface area contributed by atoms with E-state index in [1.54, 1.807) is 0 Å². The first-order valence-corrected chi connectivity index (χ1v) is 10.7. The van der Waals surface area contributed by atoms with Crippen LogP contribution in [0.4, 0.5) is 26.3 Å². The Hall–Kier alpha value is -3.16. The molecule has 20 heteroatoms. The maximum absolute atomic E-state index is 12.3. The normalized spacial score (nSPS) is 13.9. The Bertz CT molecular complexity index is 1150. The van der Waals surface area contributed by atoms with Crippen LogP contribution in [0.2, 0.25) is 0 Å². The van der Waals surface area contributed by atoms with Crippen LogP contribution in [0.3, 0.4) is 0 Å². The quantitative estimate of drug-likeness (QED) is 0.334. The summed E-state index contributed by atoms with van der Waals surface area (Å²) in [6.07, 6.45) is -10.5. The zero-order valence-corrected chi connectivity index (χ0v) is 16.3. The Labute approximate surface area is 172 Å². The molecule has 0 fully saturated rings. The van der Waals surface area contributed by atoms with Gasteiger partial charge in [0.15, 0.2) is 11.5 Å². The number of nitrogens with zero attached hydrogens (tertiary/aromatic N) is 2. The van der Waals surface area contributed by atoms with Crippen LogP contribution in [0.15, 0.2) is 0 Å². The van der Waals surface area contributed by atoms with Crippen molar-refractivity contribution in [3.8, 4) is 45.8 Å². The van der Waals surface area contributed by atoms with E-state index in [4.69, 9.17) is 0 Å². The molecule has 0 amide bonds. The Kier molecular flexibility index (Phi) is 4.90. The molecule has 0 atom stereocenters. The molecule has 2 aromatic rings. The van der Waals surface area contributed by atoms with Gasteiger partial charge >= 0.3 is 32.6 Å². The highest BCUT2D eigenvalue weighted by Crippen LogP contribution is 2.64. The molecular formula is C12H8F6N2O10S2. The van der Waals surface area contributed by atoms with Gasteiger partial charge in [-0.25, -0.2) is 0 Å². The molecule has 2 aromatic heterocycles.